The fourth-order valence-corrected chi connectivity index (χ4v) is 4.74. The van der Waals surface area contributed by atoms with Gasteiger partial charge in [0.25, 0.3) is 0 Å². The lowest BCUT2D eigenvalue weighted by atomic mass is 9.82. The zero-order valence-electron chi connectivity index (χ0n) is 22.0. The van der Waals surface area contributed by atoms with Crippen LogP contribution >= 0.6 is 0 Å². The van der Waals surface area contributed by atoms with Gasteiger partial charge in [-0.15, -0.1) is 0 Å². The second-order valence-corrected chi connectivity index (χ2v) is 10.5. The van der Waals surface area contributed by atoms with Crippen molar-refractivity contribution in [2.45, 2.75) is 59.2 Å². The molecule has 3 rings (SSSR count). The van der Waals surface area contributed by atoms with Crippen LogP contribution in [0, 0.1) is 5.41 Å². The van der Waals surface area contributed by atoms with Crippen LogP contribution < -0.4 is 10.6 Å². The summed E-state index contributed by atoms with van der Waals surface area (Å²) in [5, 5.41) is 16.8. The van der Waals surface area contributed by atoms with E-state index in [9.17, 15) is 14.4 Å². The van der Waals surface area contributed by atoms with Gasteiger partial charge < -0.3 is 20.6 Å². The molecule has 3 aromatic rings. The number of amides is 3. The number of benzene rings is 3. The lowest BCUT2D eigenvalue weighted by Gasteiger charge is -2.41. The fraction of sp³-hybridized carbons (Fsp3) is 0.367. The Labute approximate surface area is 218 Å². The number of aldehydes is 1. The highest BCUT2D eigenvalue weighted by atomic mass is 16.4. The van der Waals surface area contributed by atoms with Gasteiger partial charge in [-0.05, 0) is 47.1 Å². The van der Waals surface area contributed by atoms with Gasteiger partial charge in [-0.25, -0.2) is 9.59 Å². The summed E-state index contributed by atoms with van der Waals surface area (Å²) in [6.07, 6.45) is 0.974. The Balaban J connectivity index is 1.89. The van der Waals surface area contributed by atoms with Crippen molar-refractivity contribution in [1.82, 2.24) is 15.5 Å². The number of hydrogen-bond acceptors (Lipinski definition) is 3. The number of urea groups is 1. The molecule has 3 N–H and O–H groups in total. The minimum absolute atomic E-state index is 0.159. The van der Waals surface area contributed by atoms with Crippen molar-refractivity contribution in [2.24, 2.45) is 5.41 Å². The molecule has 0 aromatic heterocycles. The third kappa shape index (κ3) is 7.56. The summed E-state index contributed by atoms with van der Waals surface area (Å²) in [5.74, 6) is 0. The van der Waals surface area contributed by atoms with Gasteiger partial charge in [-0.3, -0.25) is 4.79 Å². The Morgan fingerprint density at radius 1 is 1.00 bits per heavy atom. The topological polar surface area (TPSA) is 98.7 Å². The van der Waals surface area contributed by atoms with E-state index in [1.165, 1.54) is 0 Å². The number of nitrogens with zero attached hydrogens (tertiary/aromatic N) is 1. The summed E-state index contributed by atoms with van der Waals surface area (Å²) in [6, 6.07) is 20.9. The molecule has 3 amide bonds. The van der Waals surface area contributed by atoms with E-state index in [0.717, 1.165) is 28.2 Å². The molecule has 3 aromatic carbocycles. The molecule has 0 aliphatic heterocycles. The van der Waals surface area contributed by atoms with Gasteiger partial charge in [-0.2, -0.15) is 0 Å². The Morgan fingerprint density at radius 3 is 2.32 bits per heavy atom. The summed E-state index contributed by atoms with van der Waals surface area (Å²) in [6.45, 7) is 8.93. The molecule has 37 heavy (non-hydrogen) atoms. The van der Waals surface area contributed by atoms with E-state index >= 15 is 0 Å². The zero-order valence-corrected chi connectivity index (χ0v) is 22.0. The molecule has 0 saturated carbocycles. The highest BCUT2D eigenvalue weighted by Crippen LogP contribution is 2.31. The highest BCUT2D eigenvalue weighted by molar-refractivity contribution is 5.86. The van der Waals surface area contributed by atoms with Crippen LogP contribution in [0.15, 0.2) is 66.7 Å². The van der Waals surface area contributed by atoms with E-state index in [2.05, 4.69) is 49.6 Å². The lowest BCUT2D eigenvalue weighted by molar-refractivity contribution is 0.102. The highest BCUT2D eigenvalue weighted by Gasteiger charge is 2.34. The molecule has 0 aliphatic carbocycles. The second-order valence-electron chi connectivity index (χ2n) is 10.5. The first-order valence-corrected chi connectivity index (χ1v) is 12.7. The monoisotopic (exact) mass is 503 g/mol. The van der Waals surface area contributed by atoms with Crippen LogP contribution in [0.5, 0.6) is 0 Å². The van der Waals surface area contributed by atoms with E-state index < -0.39 is 6.09 Å². The molecule has 0 aliphatic rings. The van der Waals surface area contributed by atoms with Gasteiger partial charge in [0.1, 0.15) is 6.29 Å². The smallest absolute Gasteiger partial charge is 0.404 e. The van der Waals surface area contributed by atoms with Crippen LogP contribution in [0.1, 0.15) is 68.1 Å². The number of fused-ring (bicyclic) bond motifs is 1. The van der Waals surface area contributed by atoms with Gasteiger partial charge in [0.2, 0.25) is 0 Å². The quantitative estimate of drug-likeness (QED) is 0.221. The van der Waals surface area contributed by atoms with Crippen molar-refractivity contribution in [2.75, 3.05) is 6.54 Å². The first-order chi connectivity index (χ1) is 17.6. The molecule has 0 fully saturated rings. The average molecular weight is 504 g/mol. The number of rotatable bonds is 10. The third-order valence-electron chi connectivity index (χ3n) is 6.67. The van der Waals surface area contributed by atoms with E-state index in [-0.39, 0.29) is 23.5 Å². The normalized spacial score (nSPS) is 13.0. The zero-order chi connectivity index (χ0) is 27.0. The van der Waals surface area contributed by atoms with Crippen molar-refractivity contribution < 1.29 is 19.5 Å². The first-order valence-electron chi connectivity index (χ1n) is 12.7. The van der Waals surface area contributed by atoms with Crippen LogP contribution in [0.3, 0.4) is 0 Å². The molecule has 1 unspecified atom stereocenters. The lowest BCUT2D eigenvalue weighted by Crippen LogP contribution is -2.51. The Bertz CT molecular complexity index is 1210. The molecule has 0 bridgehead atoms. The predicted molar refractivity (Wildman–Crippen MR) is 147 cm³/mol. The summed E-state index contributed by atoms with van der Waals surface area (Å²) in [7, 11) is 0. The third-order valence-corrected chi connectivity index (χ3v) is 6.67. The maximum absolute atomic E-state index is 13.9. The van der Waals surface area contributed by atoms with Crippen molar-refractivity contribution >= 4 is 29.2 Å². The number of carbonyl (C=O) groups is 3. The summed E-state index contributed by atoms with van der Waals surface area (Å²) < 4.78 is 0. The van der Waals surface area contributed by atoms with Crippen molar-refractivity contribution in [3.05, 3.63) is 83.4 Å². The number of nitrogens with one attached hydrogen (secondary N) is 2. The Morgan fingerprint density at radius 2 is 1.68 bits per heavy atom. The minimum atomic E-state index is -1.05. The molecule has 0 radical (unpaired) electrons. The van der Waals surface area contributed by atoms with Crippen LogP contribution in [0.25, 0.3) is 10.8 Å². The minimum Gasteiger partial charge on any atom is -0.465 e. The fourth-order valence-electron chi connectivity index (χ4n) is 4.74. The second kappa shape index (κ2) is 12.4. The molecule has 0 saturated heterocycles. The standard InChI is InChI=1S/C30H37N3O4/c1-21(25-12-7-10-24-9-5-6-11-26(24)25)32-28(35)33(19-22-14-16-23(20-34)17-15-22)27(30(2,3)4)13-8-18-31-29(36)37/h5-7,9-12,14-17,20-21,27,31H,8,13,18-19H2,1-4H3,(H,32,35)(H,36,37)/t21?,27-/m0/s1. The van der Waals surface area contributed by atoms with Crippen molar-refractivity contribution in [3.63, 3.8) is 0 Å². The largest absolute Gasteiger partial charge is 0.465 e. The number of hydrogen-bond donors (Lipinski definition) is 3. The summed E-state index contributed by atoms with van der Waals surface area (Å²) in [5.41, 5.74) is 2.28. The molecule has 7 heteroatoms. The Hall–Kier alpha value is -3.87. The molecule has 0 heterocycles. The van der Waals surface area contributed by atoms with Crippen LogP contribution in [-0.4, -0.2) is 41.0 Å². The van der Waals surface area contributed by atoms with Crippen molar-refractivity contribution in [3.8, 4) is 0 Å². The molecule has 196 valence electrons. The molecular weight excluding hydrogens is 466 g/mol. The predicted octanol–water partition coefficient (Wildman–Crippen LogP) is 6.39. The summed E-state index contributed by atoms with van der Waals surface area (Å²) >= 11 is 0. The maximum Gasteiger partial charge on any atom is 0.404 e. The van der Waals surface area contributed by atoms with E-state index in [1.54, 1.807) is 12.1 Å². The SMILES string of the molecule is CC(NC(=O)N(Cc1ccc(C=O)cc1)[C@@H](CCCNC(=O)O)C(C)(C)C)c1cccc2ccccc12. The van der Waals surface area contributed by atoms with Gasteiger partial charge in [-0.1, -0.05) is 87.5 Å². The molecular formula is C30H37N3O4. The van der Waals surface area contributed by atoms with Gasteiger partial charge >= 0.3 is 12.1 Å². The van der Waals surface area contributed by atoms with Gasteiger partial charge in [0.15, 0.2) is 0 Å². The first kappa shape index (κ1) is 27.7. The van der Waals surface area contributed by atoms with E-state index in [1.807, 2.05) is 48.2 Å². The number of carboxylic acid groups (broad SMARTS) is 1. The van der Waals surface area contributed by atoms with Gasteiger partial charge in [0, 0.05) is 24.7 Å². The average Bonchev–Trinajstić information content (AvgIpc) is 2.86. The Kier molecular flexibility index (Phi) is 9.28. The van der Waals surface area contributed by atoms with E-state index in [0.29, 0.717) is 31.5 Å². The molecule has 7 nitrogen and oxygen atoms in total. The molecule has 2 atom stereocenters. The van der Waals surface area contributed by atoms with E-state index in [4.69, 9.17) is 5.11 Å². The van der Waals surface area contributed by atoms with Crippen LogP contribution in [0.4, 0.5) is 9.59 Å². The van der Waals surface area contributed by atoms with Crippen LogP contribution in [-0.2, 0) is 6.54 Å². The summed E-state index contributed by atoms with van der Waals surface area (Å²) in [4.78, 5) is 37.7. The number of carbonyl (C=O) groups excluding carboxylic acids is 2. The molecule has 0 spiro atoms. The van der Waals surface area contributed by atoms with Crippen LogP contribution in [0.2, 0.25) is 0 Å². The maximum atomic E-state index is 13.9. The van der Waals surface area contributed by atoms with Crippen molar-refractivity contribution in [1.29, 1.82) is 0 Å². The van der Waals surface area contributed by atoms with Gasteiger partial charge in [0.05, 0.1) is 6.04 Å².